The van der Waals surface area contributed by atoms with Gasteiger partial charge >= 0.3 is 0 Å². The molecule has 39 heavy (non-hydrogen) atoms. The van der Waals surface area contributed by atoms with Gasteiger partial charge in [0.2, 0.25) is 11.6 Å². The molecule has 4 aromatic rings. The van der Waals surface area contributed by atoms with Gasteiger partial charge in [-0.2, -0.15) is 0 Å². The summed E-state index contributed by atoms with van der Waals surface area (Å²) in [7, 11) is 0. The van der Waals surface area contributed by atoms with Gasteiger partial charge in [-0.25, -0.2) is 0 Å². The molecule has 0 bridgehead atoms. The number of phenols is 5. The molecule has 0 saturated heterocycles. The minimum atomic E-state index is -0.876. The van der Waals surface area contributed by atoms with E-state index in [0.717, 1.165) is 12.1 Å². The number of ketones is 4. The van der Waals surface area contributed by atoms with Crippen LogP contribution in [0.5, 0.6) is 28.7 Å². The summed E-state index contributed by atoms with van der Waals surface area (Å²) in [6, 6.07) is 8.39. The van der Waals surface area contributed by atoms with Crippen molar-refractivity contribution < 1.29 is 44.7 Å². The lowest BCUT2D eigenvalue weighted by Crippen LogP contribution is -2.25. The van der Waals surface area contributed by atoms with E-state index in [4.69, 9.17) is 0 Å². The van der Waals surface area contributed by atoms with Crippen LogP contribution < -0.4 is 0 Å². The molecular weight excluding hydrogens is 504 g/mol. The van der Waals surface area contributed by atoms with E-state index >= 15 is 0 Å². The third-order valence-corrected chi connectivity index (χ3v) is 7.25. The van der Waals surface area contributed by atoms with Crippen LogP contribution in [0.4, 0.5) is 0 Å². The van der Waals surface area contributed by atoms with Crippen LogP contribution in [0.3, 0.4) is 0 Å². The van der Waals surface area contributed by atoms with Crippen LogP contribution in [0.2, 0.25) is 0 Å². The Morgan fingerprint density at radius 3 is 1.44 bits per heavy atom. The second-order valence-electron chi connectivity index (χ2n) is 9.58. The molecule has 0 spiro atoms. The molecule has 0 atom stereocenters. The average Bonchev–Trinajstić information content (AvgIpc) is 2.85. The van der Waals surface area contributed by atoms with Gasteiger partial charge in [-0.05, 0) is 60.4 Å². The number of carbonyl (C=O) groups is 4. The minimum Gasteiger partial charge on any atom is -0.508 e. The fourth-order valence-corrected chi connectivity index (χ4v) is 5.67. The van der Waals surface area contributed by atoms with Gasteiger partial charge in [0.1, 0.15) is 28.7 Å². The average molecular weight is 522 g/mol. The van der Waals surface area contributed by atoms with Crippen LogP contribution in [0.25, 0.3) is 11.1 Å². The maximum absolute atomic E-state index is 13.9. The number of hydrogen-bond donors (Lipinski definition) is 5. The van der Waals surface area contributed by atoms with Crippen LogP contribution in [-0.4, -0.2) is 48.7 Å². The first-order valence-electron chi connectivity index (χ1n) is 11.7. The summed E-state index contributed by atoms with van der Waals surface area (Å²) >= 11 is 0. The highest BCUT2D eigenvalue weighted by molar-refractivity contribution is 6.35. The number of hydrogen-bond acceptors (Lipinski definition) is 9. The van der Waals surface area contributed by atoms with Crippen molar-refractivity contribution in [1.29, 1.82) is 0 Å². The zero-order valence-electron chi connectivity index (χ0n) is 20.4. The molecule has 5 N–H and O–H groups in total. The van der Waals surface area contributed by atoms with Gasteiger partial charge in [-0.15, -0.1) is 0 Å². The first-order chi connectivity index (χ1) is 18.4. The van der Waals surface area contributed by atoms with Crippen molar-refractivity contribution in [3.05, 3.63) is 98.1 Å². The first-order valence-corrected chi connectivity index (χ1v) is 11.7. The number of carbonyl (C=O) groups excluding carboxylic acids is 4. The van der Waals surface area contributed by atoms with Crippen LogP contribution in [0.15, 0.2) is 42.5 Å². The monoisotopic (exact) mass is 522 g/mol. The SMILES string of the molecule is Cc1cc(O)c2c(c1-c1c(C)cc(O)c3c1C(=O)c1cc(O)cc(O)c1C3=O)C(=O)c1cccc(O)c1C2=O. The number of benzene rings is 4. The van der Waals surface area contributed by atoms with Crippen LogP contribution in [-0.2, 0) is 0 Å². The standard InChI is InChI=1S/C30H18O9/c1-10-6-16(33)23-25(27(36)13-4-3-5-15(32)21(13)29(23)38)19(10)20-11(2)7-17(34)24-26(20)28(37)14-8-12(31)9-18(35)22(14)30(24)39/h3-9,31-35H,1-2H3. The Morgan fingerprint density at radius 1 is 0.436 bits per heavy atom. The number of rotatable bonds is 1. The fraction of sp³-hybridized carbons (Fsp3) is 0.0667. The van der Waals surface area contributed by atoms with E-state index in [0.29, 0.717) is 0 Å². The third kappa shape index (κ3) is 3.01. The largest absolute Gasteiger partial charge is 0.508 e. The van der Waals surface area contributed by atoms with E-state index in [9.17, 15) is 44.7 Å². The molecule has 9 nitrogen and oxygen atoms in total. The summed E-state index contributed by atoms with van der Waals surface area (Å²) < 4.78 is 0. The van der Waals surface area contributed by atoms with E-state index in [1.54, 1.807) is 6.92 Å². The van der Waals surface area contributed by atoms with Gasteiger partial charge in [-0.3, -0.25) is 19.2 Å². The quantitative estimate of drug-likeness (QED) is 0.214. The number of fused-ring (bicyclic) bond motifs is 4. The van der Waals surface area contributed by atoms with Crippen LogP contribution in [0.1, 0.15) is 74.8 Å². The first kappa shape index (κ1) is 23.9. The molecule has 0 aromatic heterocycles. The summed E-state index contributed by atoms with van der Waals surface area (Å²) in [6.45, 7) is 3.08. The number of aromatic hydroxyl groups is 5. The van der Waals surface area contributed by atoms with E-state index in [1.807, 2.05) is 0 Å². The van der Waals surface area contributed by atoms with Crippen molar-refractivity contribution in [2.24, 2.45) is 0 Å². The Morgan fingerprint density at radius 2 is 0.897 bits per heavy atom. The molecule has 192 valence electrons. The predicted molar refractivity (Wildman–Crippen MR) is 136 cm³/mol. The number of aryl methyl sites for hydroxylation is 2. The summed E-state index contributed by atoms with van der Waals surface area (Å²) in [4.78, 5) is 54.7. The Labute approximate surface area is 219 Å². The Hall–Kier alpha value is -5.44. The molecule has 6 rings (SSSR count). The van der Waals surface area contributed by atoms with Crippen molar-refractivity contribution in [2.45, 2.75) is 13.8 Å². The second kappa shape index (κ2) is 7.78. The van der Waals surface area contributed by atoms with Crippen molar-refractivity contribution in [3.8, 4) is 39.9 Å². The van der Waals surface area contributed by atoms with Crippen molar-refractivity contribution in [3.63, 3.8) is 0 Å². The molecular formula is C30H18O9. The maximum atomic E-state index is 13.9. The van der Waals surface area contributed by atoms with Crippen molar-refractivity contribution in [1.82, 2.24) is 0 Å². The molecule has 0 amide bonds. The third-order valence-electron chi connectivity index (χ3n) is 7.25. The van der Waals surface area contributed by atoms with Crippen molar-refractivity contribution >= 4 is 23.1 Å². The van der Waals surface area contributed by atoms with E-state index in [2.05, 4.69) is 0 Å². The summed E-state index contributed by atoms with van der Waals surface area (Å²) in [5, 5.41) is 52.3. The topological polar surface area (TPSA) is 169 Å². The molecule has 0 saturated carbocycles. The lowest BCUT2D eigenvalue weighted by atomic mass is 9.73. The Kier molecular flexibility index (Phi) is 4.77. The lowest BCUT2D eigenvalue weighted by molar-refractivity contribution is 0.0973. The molecule has 2 aliphatic carbocycles. The van der Waals surface area contributed by atoms with Crippen LogP contribution in [0, 0.1) is 13.8 Å². The zero-order valence-corrected chi connectivity index (χ0v) is 20.4. The zero-order chi connectivity index (χ0) is 28.1. The Balaban J connectivity index is 1.75. The van der Waals surface area contributed by atoms with Crippen LogP contribution >= 0.6 is 0 Å². The predicted octanol–water partition coefficient (Wildman–Crippen LogP) is 4.05. The number of phenolic OH excluding ortho intramolecular Hbond substituents is 5. The summed E-state index contributed by atoms with van der Waals surface area (Å²) in [6.07, 6.45) is 0. The highest BCUT2D eigenvalue weighted by Crippen LogP contribution is 2.48. The molecule has 0 aliphatic heterocycles. The molecule has 4 aromatic carbocycles. The van der Waals surface area contributed by atoms with E-state index in [-0.39, 0.29) is 55.6 Å². The fourth-order valence-electron chi connectivity index (χ4n) is 5.67. The summed E-state index contributed by atoms with van der Waals surface area (Å²) in [5.74, 6) is -5.78. The van der Waals surface area contributed by atoms with E-state index in [1.165, 1.54) is 37.3 Å². The van der Waals surface area contributed by atoms with Gasteiger partial charge in [0, 0.05) is 28.3 Å². The molecule has 0 fully saturated rings. The van der Waals surface area contributed by atoms with Gasteiger partial charge in [0.25, 0.3) is 0 Å². The van der Waals surface area contributed by atoms with Gasteiger partial charge < -0.3 is 25.5 Å². The van der Waals surface area contributed by atoms with E-state index < -0.39 is 63.0 Å². The lowest BCUT2D eigenvalue weighted by Gasteiger charge is -2.27. The smallest absolute Gasteiger partial charge is 0.201 e. The molecule has 0 heterocycles. The molecule has 2 aliphatic rings. The Bertz CT molecular complexity index is 1900. The van der Waals surface area contributed by atoms with Crippen molar-refractivity contribution in [2.75, 3.05) is 0 Å². The van der Waals surface area contributed by atoms with Gasteiger partial charge in [0.05, 0.1) is 22.3 Å². The maximum Gasteiger partial charge on any atom is 0.201 e. The normalized spacial score (nSPS) is 13.6. The second-order valence-corrected chi connectivity index (χ2v) is 9.58. The highest BCUT2D eigenvalue weighted by atomic mass is 16.3. The molecule has 0 radical (unpaired) electrons. The molecule has 9 heteroatoms. The van der Waals surface area contributed by atoms with Gasteiger partial charge in [-0.1, -0.05) is 12.1 Å². The van der Waals surface area contributed by atoms with Gasteiger partial charge in [0.15, 0.2) is 11.6 Å². The summed E-state index contributed by atoms with van der Waals surface area (Å²) in [5.41, 5.74) is -1.66. The minimum absolute atomic E-state index is 0.0631. The highest BCUT2D eigenvalue weighted by Gasteiger charge is 2.41. The molecule has 0 unspecified atom stereocenters.